The number of amides is 1. The average Bonchev–Trinajstić information content (AvgIpc) is 3.38. The van der Waals surface area contributed by atoms with Gasteiger partial charge < -0.3 is 10.6 Å². The lowest BCUT2D eigenvalue weighted by Gasteiger charge is -2.25. The Morgan fingerprint density at radius 2 is 1.56 bits per heavy atom. The molecule has 5 aromatic rings. The fourth-order valence-corrected chi connectivity index (χ4v) is 6.91. The number of para-hydroxylation sites is 1. The van der Waals surface area contributed by atoms with Gasteiger partial charge in [-0.1, -0.05) is 85.8 Å². The highest BCUT2D eigenvalue weighted by molar-refractivity contribution is 6.24. The van der Waals surface area contributed by atoms with Crippen LogP contribution in [-0.4, -0.2) is 17.9 Å². The van der Waals surface area contributed by atoms with Crippen molar-refractivity contribution in [2.24, 2.45) is 4.99 Å². The largest absolute Gasteiger partial charge is 0.360 e. The molecule has 0 saturated carbocycles. The molecule has 0 spiro atoms. The first-order valence-corrected chi connectivity index (χ1v) is 16.5. The normalized spacial score (nSPS) is 15.1. The number of nitrogens with zero attached hydrogens (tertiary/aromatic N) is 1. The Balaban J connectivity index is 0.000000280. The number of hydrogen-bond acceptors (Lipinski definition) is 4. The molecule has 0 fully saturated rings. The number of nitrogens with one attached hydrogen (secondary N) is 2. The van der Waals surface area contributed by atoms with E-state index < -0.39 is 0 Å². The summed E-state index contributed by atoms with van der Waals surface area (Å²) in [5, 5.41) is 11.0. The lowest BCUT2D eigenvalue weighted by atomic mass is 9.78. The molecule has 3 aliphatic rings. The molecule has 2 aliphatic carbocycles. The summed E-state index contributed by atoms with van der Waals surface area (Å²) < 4.78 is 0. The molecule has 1 atom stereocenters. The molecule has 1 unspecified atom stereocenters. The maximum atomic E-state index is 13.7. The Labute approximate surface area is 280 Å². The molecule has 1 heterocycles. The zero-order valence-electron chi connectivity index (χ0n) is 27.2. The number of ketones is 1. The second-order valence-electron chi connectivity index (χ2n) is 12.5. The van der Waals surface area contributed by atoms with Crippen LogP contribution in [0, 0.1) is 17.4 Å². The minimum absolute atomic E-state index is 0.0741. The summed E-state index contributed by atoms with van der Waals surface area (Å²) in [5.74, 6) is 0.342. The van der Waals surface area contributed by atoms with E-state index in [0.29, 0.717) is 22.7 Å². The molecule has 0 radical (unpaired) electrons. The van der Waals surface area contributed by atoms with Gasteiger partial charge in [0.2, 0.25) is 0 Å². The van der Waals surface area contributed by atoms with Gasteiger partial charge in [-0.3, -0.25) is 14.6 Å². The lowest BCUT2D eigenvalue weighted by Crippen LogP contribution is -2.27. The van der Waals surface area contributed by atoms with Crippen molar-refractivity contribution < 1.29 is 9.59 Å². The van der Waals surface area contributed by atoms with E-state index in [9.17, 15) is 9.59 Å². The summed E-state index contributed by atoms with van der Waals surface area (Å²) in [5.41, 5.74) is 8.72. The zero-order chi connectivity index (χ0) is 33.0. The molecule has 5 heteroatoms. The van der Waals surface area contributed by atoms with E-state index in [1.54, 1.807) is 6.20 Å². The Kier molecular flexibility index (Phi) is 8.67. The third-order valence-electron chi connectivity index (χ3n) is 9.42. The molecule has 2 N–H and O–H groups in total. The van der Waals surface area contributed by atoms with Gasteiger partial charge in [0.05, 0.1) is 0 Å². The predicted octanol–water partition coefficient (Wildman–Crippen LogP) is 7.80. The third kappa shape index (κ3) is 6.15. The molecule has 5 aromatic carbocycles. The highest BCUT2D eigenvalue weighted by Crippen LogP contribution is 2.31. The lowest BCUT2D eigenvalue weighted by molar-refractivity contribution is 0.102. The summed E-state index contributed by atoms with van der Waals surface area (Å²) in [7, 11) is 0. The number of rotatable bonds is 4. The van der Waals surface area contributed by atoms with Crippen LogP contribution in [0.4, 0.5) is 11.4 Å². The second-order valence-corrected chi connectivity index (χ2v) is 12.5. The highest BCUT2D eigenvalue weighted by atomic mass is 16.1. The molecule has 236 valence electrons. The van der Waals surface area contributed by atoms with Crippen LogP contribution in [0.25, 0.3) is 11.6 Å². The number of Topliss-reactive ketones (excluding diaryl/α,β-unsaturated/α-hetero) is 1. The van der Waals surface area contributed by atoms with Crippen molar-refractivity contribution in [1.29, 1.82) is 0 Å². The second kappa shape index (κ2) is 13.5. The molecule has 8 rings (SSSR count). The number of carbonyl (C=O) groups is 2. The van der Waals surface area contributed by atoms with E-state index in [4.69, 9.17) is 0 Å². The van der Waals surface area contributed by atoms with Crippen LogP contribution in [-0.2, 0) is 6.42 Å². The third-order valence-corrected chi connectivity index (χ3v) is 9.42. The first-order valence-electron chi connectivity index (χ1n) is 16.5. The quantitative estimate of drug-likeness (QED) is 0.200. The van der Waals surface area contributed by atoms with Crippen molar-refractivity contribution in [2.45, 2.75) is 39.0 Å². The molecule has 0 saturated heterocycles. The summed E-state index contributed by atoms with van der Waals surface area (Å²) in [4.78, 5) is 30.4. The fourth-order valence-electron chi connectivity index (χ4n) is 6.91. The smallest absolute Gasteiger partial charge is 0.255 e. The van der Waals surface area contributed by atoms with Crippen LogP contribution in [0.2, 0.25) is 0 Å². The molecule has 0 bridgehead atoms. The van der Waals surface area contributed by atoms with Gasteiger partial charge in [-0.15, -0.1) is 0 Å². The Morgan fingerprint density at radius 1 is 0.812 bits per heavy atom. The van der Waals surface area contributed by atoms with E-state index in [2.05, 4.69) is 65.0 Å². The van der Waals surface area contributed by atoms with Gasteiger partial charge in [0.15, 0.2) is 5.78 Å². The Hall–Kier alpha value is -5.81. The van der Waals surface area contributed by atoms with Crippen LogP contribution in [0.3, 0.4) is 0 Å². The van der Waals surface area contributed by atoms with Crippen LogP contribution in [0.15, 0.2) is 127 Å². The van der Waals surface area contributed by atoms with Crippen LogP contribution < -0.4 is 21.1 Å². The van der Waals surface area contributed by atoms with E-state index in [1.165, 1.54) is 26.8 Å². The number of aliphatic imine (C=N–C) groups is 1. The van der Waals surface area contributed by atoms with Crippen LogP contribution in [0.5, 0.6) is 0 Å². The summed E-state index contributed by atoms with van der Waals surface area (Å²) in [6.07, 6.45) is 10.4. The van der Waals surface area contributed by atoms with Crippen molar-refractivity contribution in [3.8, 4) is 0 Å². The Morgan fingerprint density at radius 3 is 2.42 bits per heavy atom. The van der Waals surface area contributed by atoms with Crippen LogP contribution in [0.1, 0.15) is 68.7 Å². The minimum atomic E-state index is -0.148. The number of fused-ring (bicyclic) bond motifs is 5. The van der Waals surface area contributed by atoms with Crippen molar-refractivity contribution in [3.05, 3.63) is 176 Å². The van der Waals surface area contributed by atoms with Crippen molar-refractivity contribution in [3.63, 3.8) is 0 Å². The van der Waals surface area contributed by atoms with Gasteiger partial charge in [-0.2, -0.15) is 0 Å². The number of hydrogen-bond donors (Lipinski definition) is 2. The maximum Gasteiger partial charge on any atom is 0.255 e. The topological polar surface area (TPSA) is 70.6 Å². The summed E-state index contributed by atoms with van der Waals surface area (Å²) in [6, 6.07) is 35.8. The number of aryl methyl sites for hydroxylation is 1. The monoisotopic (exact) mass is 627 g/mol. The van der Waals surface area contributed by atoms with Gasteiger partial charge in [0, 0.05) is 52.3 Å². The Bertz CT molecular complexity index is 2340. The minimum Gasteiger partial charge on any atom is -0.360 e. The highest BCUT2D eigenvalue weighted by Gasteiger charge is 2.25. The van der Waals surface area contributed by atoms with Gasteiger partial charge in [-0.05, 0) is 106 Å². The first kappa shape index (κ1) is 30.8. The van der Waals surface area contributed by atoms with Gasteiger partial charge >= 0.3 is 0 Å². The first-order chi connectivity index (χ1) is 23.5. The van der Waals surface area contributed by atoms with E-state index in [1.807, 2.05) is 92.1 Å². The molecule has 5 nitrogen and oxygen atoms in total. The standard InChI is InChI=1S/C34H29NO2.C9H8N2/c1-21-7-3-5-9-26(21)34(37)35-25-15-12-24(13-16-25)33(36)31-17-11-22(2)32-29-18-14-23-8-4-6-10-27(23)28(29)19-20-30(31)32;1-2-4-9-8(3-1)7-10-5-6-11-9/h3-10,12-16,19-20,22H,11,17-18H2,1-2H3,(H,35,37);1-7,11H. The molecular formula is C43H37N3O2. The molecular weight excluding hydrogens is 590 g/mol. The number of carbonyl (C=O) groups excluding carboxylic acids is 2. The zero-order valence-corrected chi connectivity index (χ0v) is 27.2. The number of anilines is 2. The van der Waals surface area contributed by atoms with E-state index in [0.717, 1.165) is 46.9 Å². The van der Waals surface area contributed by atoms with Crippen LogP contribution >= 0.6 is 0 Å². The summed E-state index contributed by atoms with van der Waals surface area (Å²) >= 11 is 0. The molecule has 1 amide bonds. The SMILES string of the molecule is C1=CNc2ccccc2C=N1.Cc1ccccc1C(=O)Nc1ccc(C(=O)C2=c3ccc4c(c3C(C)CC2)CC=c2ccccc2=4)cc1. The van der Waals surface area contributed by atoms with Gasteiger partial charge in [0.25, 0.3) is 5.91 Å². The predicted molar refractivity (Wildman–Crippen MR) is 196 cm³/mol. The van der Waals surface area contributed by atoms with E-state index >= 15 is 0 Å². The molecule has 48 heavy (non-hydrogen) atoms. The van der Waals surface area contributed by atoms with Crippen molar-refractivity contribution >= 4 is 40.9 Å². The summed E-state index contributed by atoms with van der Waals surface area (Å²) in [6.45, 7) is 4.21. The molecule has 0 aromatic heterocycles. The maximum absolute atomic E-state index is 13.7. The number of benzene rings is 5. The van der Waals surface area contributed by atoms with Crippen molar-refractivity contribution in [1.82, 2.24) is 0 Å². The molecule has 1 aliphatic heterocycles. The van der Waals surface area contributed by atoms with Gasteiger partial charge in [-0.25, -0.2) is 0 Å². The van der Waals surface area contributed by atoms with Crippen molar-refractivity contribution in [2.75, 3.05) is 10.6 Å². The average molecular weight is 628 g/mol. The fraction of sp³-hybridized carbons (Fsp3) is 0.140. The van der Waals surface area contributed by atoms with E-state index in [-0.39, 0.29) is 11.7 Å². The van der Waals surface area contributed by atoms with Gasteiger partial charge in [0.1, 0.15) is 0 Å².